The van der Waals surface area contributed by atoms with Crippen LogP contribution in [0.3, 0.4) is 0 Å². The van der Waals surface area contributed by atoms with Gasteiger partial charge in [-0.2, -0.15) is 4.39 Å². The Hall–Kier alpha value is -0.880. The van der Waals surface area contributed by atoms with E-state index in [1.165, 1.54) is 7.11 Å². The number of hydrogen-bond donors (Lipinski definition) is 0. The molecular formula is C6H5ClFNO3S. The second kappa shape index (κ2) is 3.47. The molecule has 0 fully saturated rings. The molecule has 0 bridgehead atoms. The van der Waals surface area contributed by atoms with Crippen LogP contribution in [0.25, 0.3) is 0 Å². The molecule has 1 aromatic rings. The van der Waals surface area contributed by atoms with Crippen molar-refractivity contribution in [1.29, 1.82) is 0 Å². The van der Waals surface area contributed by atoms with Crippen molar-refractivity contribution in [2.45, 2.75) is 4.90 Å². The van der Waals surface area contributed by atoms with E-state index >= 15 is 0 Å². The Bertz CT molecular complexity index is 420. The van der Waals surface area contributed by atoms with Gasteiger partial charge in [-0.1, -0.05) is 0 Å². The summed E-state index contributed by atoms with van der Waals surface area (Å²) >= 11 is 0. The zero-order valence-electron chi connectivity index (χ0n) is 6.49. The van der Waals surface area contributed by atoms with Crippen LogP contribution in [0, 0.1) is 5.95 Å². The second-order valence-corrected chi connectivity index (χ2v) is 4.64. The van der Waals surface area contributed by atoms with E-state index in [1.54, 1.807) is 0 Å². The molecule has 13 heavy (non-hydrogen) atoms. The van der Waals surface area contributed by atoms with Crippen molar-refractivity contribution < 1.29 is 17.5 Å². The van der Waals surface area contributed by atoms with Crippen molar-refractivity contribution in [2.24, 2.45) is 0 Å². The number of halogens is 2. The summed E-state index contributed by atoms with van der Waals surface area (Å²) in [6.45, 7) is 0. The molecule has 0 spiro atoms. The highest BCUT2D eigenvalue weighted by Gasteiger charge is 2.18. The van der Waals surface area contributed by atoms with Crippen LogP contribution in [0.5, 0.6) is 5.75 Å². The van der Waals surface area contributed by atoms with Gasteiger partial charge in [-0.05, 0) is 0 Å². The van der Waals surface area contributed by atoms with Gasteiger partial charge in [0.2, 0.25) is 5.95 Å². The smallest absolute Gasteiger partial charge is 0.265 e. The number of rotatable bonds is 2. The normalized spacial score (nSPS) is 11.3. The highest BCUT2D eigenvalue weighted by molar-refractivity contribution is 8.13. The number of pyridine rings is 1. The van der Waals surface area contributed by atoms with E-state index in [2.05, 4.69) is 9.72 Å². The number of hydrogen-bond acceptors (Lipinski definition) is 4. The average Bonchev–Trinajstić information content (AvgIpc) is 2.03. The van der Waals surface area contributed by atoms with Crippen molar-refractivity contribution in [3.8, 4) is 5.75 Å². The van der Waals surface area contributed by atoms with Gasteiger partial charge < -0.3 is 4.74 Å². The molecule has 0 aliphatic rings. The first-order valence-corrected chi connectivity index (χ1v) is 5.40. The van der Waals surface area contributed by atoms with Gasteiger partial charge in [0.1, 0.15) is 10.6 Å². The fourth-order valence-corrected chi connectivity index (χ4v) is 1.53. The Morgan fingerprint density at radius 2 is 2.23 bits per heavy atom. The first kappa shape index (κ1) is 10.2. The fourth-order valence-electron chi connectivity index (χ4n) is 0.693. The fraction of sp³-hybridized carbons (Fsp3) is 0.167. The molecule has 0 atom stereocenters. The Balaban J connectivity index is 3.36. The van der Waals surface area contributed by atoms with E-state index in [0.29, 0.717) is 0 Å². The molecule has 1 rings (SSSR count). The maximum absolute atomic E-state index is 12.8. The molecule has 0 saturated carbocycles. The molecule has 1 heterocycles. The lowest BCUT2D eigenvalue weighted by molar-refractivity contribution is 0.406. The van der Waals surface area contributed by atoms with E-state index in [0.717, 1.165) is 12.3 Å². The van der Waals surface area contributed by atoms with E-state index in [-0.39, 0.29) is 5.75 Å². The lowest BCUT2D eigenvalue weighted by Crippen LogP contribution is -1.99. The highest BCUT2D eigenvalue weighted by Crippen LogP contribution is 2.21. The molecule has 4 nitrogen and oxygen atoms in total. The minimum absolute atomic E-state index is 0.126. The number of ether oxygens (including phenoxy) is 1. The Morgan fingerprint density at radius 1 is 1.62 bits per heavy atom. The quantitative estimate of drug-likeness (QED) is 0.560. The van der Waals surface area contributed by atoms with Crippen LogP contribution >= 0.6 is 10.7 Å². The molecule has 0 N–H and O–H groups in total. The van der Waals surface area contributed by atoms with Crippen molar-refractivity contribution in [1.82, 2.24) is 4.98 Å². The van der Waals surface area contributed by atoms with Crippen LogP contribution in [-0.2, 0) is 9.05 Å². The van der Waals surface area contributed by atoms with E-state index in [9.17, 15) is 12.8 Å². The summed E-state index contributed by atoms with van der Waals surface area (Å²) in [5, 5.41) is 0. The van der Waals surface area contributed by atoms with Gasteiger partial charge in [0.25, 0.3) is 9.05 Å². The number of nitrogens with zero attached hydrogens (tertiary/aromatic N) is 1. The summed E-state index contributed by atoms with van der Waals surface area (Å²) < 4.78 is 38.9. The molecule has 0 saturated heterocycles. The largest absolute Gasteiger partial charge is 0.495 e. The predicted molar refractivity (Wildman–Crippen MR) is 43.8 cm³/mol. The maximum atomic E-state index is 12.8. The Labute approximate surface area is 78.7 Å². The summed E-state index contributed by atoms with van der Waals surface area (Å²) in [6, 6.07) is 0.963. The molecule has 72 valence electrons. The monoisotopic (exact) mass is 225 g/mol. The summed E-state index contributed by atoms with van der Waals surface area (Å²) in [6.07, 6.45) is 1.06. The van der Waals surface area contributed by atoms with E-state index < -0.39 is 19.9 Å². The third kappa shape index (κ3) is 2.28. The topological polar surface area (TPSA) is 56.3 Å². The Kier molecular flexibility index (Phi) is 2.72. The van der Waals surface area contributed by atoms with Gasteiger partial charge in [0.15, 0.2) is 0 Å². The van der Waals surface area contributed by atoms with E-state index in [1.807, 2.05) is 0 Å². The van der Waals surface area contributed by atoms with Gasteiger partial charge in [0.05, 0.1) is 13.3 Å². The second-order valence-electron chi connectivity index (χ2n) is 2.10. The first-order valence-electron chi connectivity index (χ1n) is 3.09. The van der Waals surface area contributed by atoms with Crippen molar-refractivity contribution in [3.05, 3.63) is 18.2 Å². The van der Waals surface area contributed by atoms with Crippen LogP contribution in [0.15, 0.2) is 17.2 Å². The molecule has 7 heteroatoms. The highest BCUT2D eigenvalue weighted by atomic mass is 35.7. The molecule has 0 aromatic carbocycles. The lowest BCUT2D eigenvalue weighted by Gasteiger charge is -2.01. The zero-order chi connectivity index (χ0) is 10.1. The third-order valence-corrected chi connectivity index (χ3v) is 2.59. The van der Waals surface area contributed by atoms with Crippen molar-refractivity contribution in [3.63, 3.8) is 0 Å². The molecule has 0 amide bonds. The van der Waals surface area contributed by atoms with Crippen LogP contribution in [0.1, 0.15) is 0 Å². The summed E-state index contributed by atoms with van der Waals surface area (Å²) in [4.78, 5) is 2.47. The molecule has 1 aromatic heterocycles. The number of methoxy groups -OCH3 is 1. The summed E-state index contributed by atoms with van der Waals surface area (Å²) in [7, 11) is 2.12. The van der Waals surface area contributed by atoms with Crippen LogP contribution < -0.4 is 4.74 Å². The first-order chi connectivity index (χ1) is 5.95. The van der Waals surface area contributed by atoms with Gasteiger partial charge in [-0.25, -0.2) is 13.4 Å². The molecular weight excluding hydrogens is 221 g/mol. The van der Waals surface area contributed by atoms with Gasteiger partial charge >= 0.3 is 0 Å². The SMILES string of the molecule is COc1cnc(F)c(S(=O)(=O)Cl)c1. The van der Waals surface area contributed by atoms with Crippen molar-refractivity contribution >= 4 is 19.7 Å². The van der Waals surface area contributed by atoms with Gasteiger partial charge in [-0.15, -0.1) is 0 Å². The minimum Gasteiger partial charge on any atom is -0.495 e. The minimum atomic E-state index is -4.11. The van der Waals surface area contributed by atoms with Crippen LogP contribution in [-0.4, -0.2) is 20.5 Å². The lowest BCUT2D eigenvalue weighted by atomic mass is 10.4. The standard InChI is InChI=1S/C6H5ClFNO3S/c1-12-4-2-5(13(7,10)11)6(8)9-3-4/h2-3H,1H3. The van der Waals surface area contributed by atoms with Crippen LogP contribution in [0.4, 0.5) is 4.39 Å². The van der Waals surface area contributed by atoms with Crippen LogP contribution in [0.2, 0.25) is 0 Å². The predicted octanol–water partition coefficient (Wildman–Crippen LogP) is 1.16. The maximum Gasteiger partial charge on any atom is 0.265 e. The average molecular weight is 226 g/mol. The van der Waals surface area contributed by atoms with Gasteiger partial charge in [0, 0.05) is 16.7 Å². The summed E-state index contributed by atoms with van der Waals surface area (Å²) in [5.74, 6) is -1.02. The van der Waals surface area contributed by atoms with Crippen molar-refractivity contribution in [2.75, 3.05) is 7.11 Å². The summed E-state index contributed by atoms with van der Waals surface area (Å²) in [5.41, 5.74) is 0. The van der Waals surface area contributed by atoms with E-state index in [4.69, 9.17) is 10.7 Å². The third-order valence-electron chi connectivity index (χ3n) is 1.28. The molecule has 0 radical (unpaired) electrons. The molecule has 0 unspecified atom stereocenters. The molecule has 0 aliphatic carbocycles. The molecule has 0 aliphatic heterocycles. The zero-order valence-corrected chi connectivity index (χ0v) is 8.06. The number of aromatic nitrogens is 1. The Morgan fingerprint density at radius 3 is 2.69 bits per heavy atom. The van der Waals surface area contributed by atoms with Gasteiger partial charge in [-0.3, -0.25) is 0 Å².